The second-order valence-electron chi connectivity index (χ2n) is 5.12. The molecule has 0 amide bonds. The normalized spacial score (nSPS) is 12.3. The highest BCUT2D eigenvalue weighted by atomic mass is 16.1. The summed E-state index contributed by atoms with van der Waals surface area (Å²) in [5.74, 6) is 0.283. The van der Waals surface area contributed by atoms with Gasteiger partial charge in [0.25, 0.3) is 0 Å². The van der Waals surface area contributed by atoms with Gasteiger partial charge in [0, 0.05) is 5.92 Å². The van der Waals surface area contributed by atoms with E-state index in [1.54, 1.807) is 0 Å². The second-order valence-corrected chi connectivity index (χ2v) is 5.12. The van der Waals surface area contributed by atoms with Crippen LogP contribution < -0.4 is 0 Å². The van der Waals surface area contributed by atoms with Gasteiger partial charge in [-0.25, -0.2) is 0 Å². The van der Waals surface area contributed by atoms with Crippen LogP contribution in [-0.4, -0.2) is 6.29 Å². The summed E-state index contributed by atoms with van der Waals surface area (Å²) < 4.78 is 0. The van der Waals surface area contributed by atoms with Crippen LogP contribution in [0.3, 0.4) is 0 Å². The molecule has 0 bridgehead atoms. The average molecular weight is 246 g/mol. The molecule has 1 aromatic rings. The predicted octanol–water partition coefficient (Wildman–Crippen LogP) is 4.79. The van der Waals surface area contributed by atoms with Crippen LogP contribution in [0.2, 0.25) is 0 Å². The molecule has 0 radical (unpaired) electrons. The Balaban J connectivity index is 2.13. The first kappa shape index (κ1) is 14.9. The molecule has 0 heterocycles. The van der Waals surface area contributed by atoms with Gasteiger partial charge < -0.3 is 4.79 Å². The molecule has 0 saturated heterocycles. The molecule has 0 N–H and O–H groups in total. The lowest BCUT2D eigenvalue weighted by molar-refractivity contribution is -0.111. The zero-order valence-corrected chi connectivity index (χ0v) is 11.6. The van der Waals surface area contributed by atoms with Gasteiger partial charge in [-0.1, -0.05) is 62.9 Å². The molecular weight excluding hydrogens is 220 g/mol. The van der Waals surface area contributed by atoms with Crippen LogP contribution in [0, 0.1) is 5.92 Å². The number of rotatable bonds is 10. The molecule has 0 aliphatic carbocycles. The smallest absolute Gasteiger partial charge is 0.123 e. The van der Waals surface area contributed by atoms with E-state index in [-0.39, 0.29) is 5.92 Å². The maximum Gasteiger partial charge on any atom is 0.123 e. The molecule has 1 atom stereocenters. The molecule has 0 aliphatic heterocycles. The quantitative estimate of drug-likeness (QED) is 0.428. The Labute approximate surface area is 112 Å². The van der Waals surface area contributed by atoms with E-state index < -0.39 is 0 Å². The molecule has 1 aromatic carbocycles. The van der Waals surface area contributed by atoms with Crippen molar-refractivity contribution >= 4 is 6.29 Å². The molecule has 0 saturated carbocycles. The van der Waals surface area contributed by atoms with E-state index in [1.165, 1.54) is 31.2 Å². The third-order valence-corrected chi connectivity index (χ3v) is 3.50. The Morgan fingerprint density at radius 1 is 1.00 bits per heavy atom. The van der Waals surface area contributed by atoms with Crippen LogP contribution in [0.15, 0.2) is 30.3 Å². The number of carbonyl (C=O) groups is 1. The van der Waals surface area contributed by atoms with Crippen LogP contribution in [0.1, 0.15) is 57.4 Å². The highest BCUT2D eigenvalue weighted by Crippen LogP contribution is 2.16. The van der Waals surface area contributed by atoms with Gasteiger partial charge in [0.05, 0.1) is 0 Å². The molecule has 1 heteroatoms. The van der Waals surface area contributed by atoms with Crippen molar-refractivity contribution in [1.82, 2.24) is 0 Å². The minimum atomic E-state index is 0.283. The molecule has 0 aliphatic rings. The SMILES string of the molecule is CCCCCCC(C=O)CCCc1ccccc1. The molecule has 18 heavy (non-hydrogen) atoms. The van der Waals surface area contributed by atoms with E-state index in [2.05, 4.69) is 31.2 Å². The summed E-state index contributed by atoms with van der Waals surface area (Å²) in [5.41, 5.74) is 1.38. The van der Waals surface area contributed by atoms with Crippen LogP contribution in [0.25, 0.3) is 0 Å². The maximum absolute atomic E-state index is 11.0. The number of hydrogen-bond acceptors (Lipinski definition) is 1. The summed E-state index contributed by atoms with van der Waals surface area (Å²) >= 11 is 0. The van der Waals surface area contributed by atoms with Crippen molar-refractivity contribution in [3.8, 4) is 0 Å². The largest absolute Gasteiger partial charge is 0.303 e. The topological polar surface area (TPSA) is 17.1 Å². The monoisotopic (exact) mass is 246 g/mol. The Morgan fingerprint density at radius 2 is 1.72 bits per heavy atom. The van der Waals surface area contributed by atoms with Crippen molar-refractivity contribution in [3.05, 3.63) is 35.9 Å². The number of aryl methyl sites for hydroxylation is 1. The Bertz CT molecular complexity index is 305. The predicted molar refractivity (Wildman–Crippen MR) is 77.7 cm³/mol. The summed E-state index contributed by atoms with van der Waals surface area (Å²) in [5, 5.41) is 0. The summed E-state index contributed by atoms with van der Waals surface area (Å²) in [4.78, 5) is 11.0. The first-order valence-electron chi connectivity index (χ1n) is 7.36. The zero-order chi connectivity index (χ0) is 13.1. The van der Waals surface area contributed by atoms with E-state index in [1.807, 2.05) is 6.07 Å². The highest BCUT2D eigenvalue weighted by molar-refractivity contribution is 5.53. The fraction of sp³-hybridized carbons (Fsp3) is 0.588. The average Bonchev–Trinajstić information content (AvgIpc) is 2.42. The van der Waals surface area contributed by atoms with Crippen molar-refractivity contribution in [2.75, 3.05) is 0 Å². The minimum absolute atomic E-state index is 0.283. The fourth-order valence-electron chi connectivity index (χ4n) is 2.33. The van der Waals surface area contributed by atoms with Gasteiger partial charge in [-0.05, 0) is 31.2 Å². The second kappa shape index (κ2) is 9.87. The van der Waals surface area contributed by atoms with Gasteiger partial charge in [0.2, 0.25) is 0 Å². The van der Waals surface area contributed by atoms with Crippen molar-refractivity contribution in [1.29, 1.82) is 0 Å². The van der Waals surface area contributed by atoms with E-state index >= 15 is 0 Å². The van der Waals surface area contributed by atoms with Gasteiger partial charge in [0.15, 0.2) is 0 Å². The number of unbranched alkanes of at least 4 members (excludes halogenated alkanes) is 3. The van der Waals surface area contributed by atoms with Crippen molar-refractivity contribution < 1.29 is 4.79 Å². The lowest BCUT2D eigenvalue weighted by Gasteiger charge is -2.09. The molecule has 0 fully saturated rings. The van der Waals surface area contributed by atoms with Crippen molar-refractivity contribution in [2.24, 2.45) is 5.92 Å². The number of aldehydes is 1. The van der Waals surface area contributed by atoms with E-state index in [9.17, 15) is 4.79 Å². The van der Waals surface area contributed by atoms with E-state index in [4.69, 9.17) is 0 Å². The van der Waals surface area contributed by atoms with E-state index in [0.29, 0.717) is 0 Å². The van der Waals surface area contributed by atoms with Gasteiger partial charge >= 0.3 is 0 Å². The summed E-state index contributed by atoms with van der Waals surface area (Å²) in [7, 11) is 0. The standard InChI is InChI=1S/C17H26O/c1-2-3-4-6-12-17(15-18)14-9-13-16-10-7-5-8-11-16/h5,7-8,10-11,15,17H,2-4,6,9,12-14H2,1H3. The molecule has 1 nitrogen and oxygen atoms in total. The molecule has 1 unspecified atom stereocenters. The van der Waals surface area contributed by atoms with Crippen LogP contribution in [0.4, 0.5) is 0 Å². The van der Waals surface area contributed by atoms with Crippen LogP contribution in [0.5, 0.6) is 0 Å². The molecule has 100 valence electrons. The molecule has 0 aromatic heterocycles. The Morgan fingerprint density at radius 3 is 2.39 bits per heavy atom. The number of carbonyl (C=O) groups excluding carboxylic acids is 1. The third kappa shape index (κ3) is 6.58. The lowest BCUT2D eigenvalue weighted by atomic mass is 9.95. The van der Waals surface area contributed by atoms with Crippen LogP contribution in [-0.2, 0) is 11.2 Å². The van der Waals surface area contributed by atoms with Crippen molar-refractivity contribution in [2.45, 2.75) is 58.3 Å². The summed E-state index contributed by atoms with van der Waals surface area (Å²) in [6, 6.07) is 10.5. The van der Waals surface area contributed by atoms with Gasteiger partial charge in [-0.3, -0.25) is 0 Å². The molecular formula is C17H26O. The van der Waals surface area contributed by atoms with Gasteiger partial charge in [-0.15, -0.1) is 0 Å². The van der Waals surface area contributed by atoms with Crippen molar-refractivity contribution in [3.63, 3.8) is 0 Å². The van der Waals surface area contributed by atoms with E-state index in [0.717, 1.165) is 32.0 Å². The zero-order valence-electron chi connectivity index (χ0n) is 11.6. The first-order chi connectivity index (χ1) is 8.86. The maximum atomic E-state index is 11.0. The van der Waals surface area contributed by atoms with Gasteiger partial charge in [0.1, 0.15) is 6.29 Å². The summed E-state index contributed by atoms with van der Waals surface area (Å²) in [6.45, 7) is 2.22. The van der Waals surface area contributed by atoms with Crippen LogP contribution >= 0.6 is 0 Å². The highest BCUT2D eigenvalue weighted by Gasteiger charge is 2.06. The third-order valence-electron chi connectivity index (χ3n) is 3.50. The molecule has 0 spiro atoms. The minimum Gasteiger partial charge on any atom is -0.303 e. The Kier molecular flexibility index (Phi) is 8.20. The molecule has 1 rings (SSSR count). The lowest BCUT2D eigenvalue weighted by Crippen LogP contribution is -2.03. The number of hydrogen-bond donors (Lipinski definition) is 0. The Hall–Kier alpha value is -1.11. The number of benzene rings is 1. The summed E-state index contributed by atoms with van der Waals surface area (Å²) in [6.07, 6.45) is 10.6. The van der Waals surface area contributed by atoms with Gasteiger partial charge in [-0.2, -0.15) is 0 Å². The first-order valence-corrected chi connectivity index (χ1v) is 7.36. The fourth-order valence-corrected chi connectivity index (χ4v) is 2.33.